The molecule has 0 aliphatic rings. The van der Waals surface area contributed by atoms with E-state index in [-0.39, 0.29) is 0 Å². The molecule has 3 rings (SSSR count). The van der Waals surface area contributed by atoms with Crippen LogP contribution in [-0.4, -0.2) is 15.3 Å². The number of imidazole rings is 1. The molecule has 92 valence electrons. The number of rotatable bonds is 3. The Labute approximate surface area is 111 Å². The van der Waals surface area contributed by atoms with Crippen molar-refractivity contribution in [2.75, 3.05) is 5.75 Å². The minimum absolute atomic E-state index is 0.796. The van der Waals surface area contributed by atoms with Gasteiger partial charge in [-0.2, -0.15) is 12.6 Å². The van der Waals surface area contributed by atoms with Crippen molar-refractivity contribution in [3.05, 3.63) is 42.2 Å². The van der Waals surface area contributed by atoms with Crippen LogP contribution in [0.25, 0.3) is 22.6 Å². The van der Waals surface area contributed by atoms with E-state index < -0.39 is 0 Å². The lowest BCUT2D eigenvalue weighted by atomic mass is 10.1. The van der Waals surface area contributed by atoms with Crippen molar-refractivity contribution in [2.24, 2.45) is 7.05 Å². The average molecular weight is 258 g/mol. The SMILES string of the molecule is Cn1c(-c2ccco2)nc2cc(CCS)ccc21. The van der Waals surface area contributed by atoms with Gasteiger partial charge in [-0.05, 0) is 42.0 Å². The molecule has 0 fully saturated rings. The van der Waals surface area contributed by atoms with Crippen LogP contribution in [0.4, 0.5) is 0 Å². The standard InChI is InChI=1S/C14H14N2OS/c1-16-12-5-4-10(6-8-18)9-11(12)15-14(16)13-3-2-7-17-13/h2-5,7,9,18H,6,8H2,1H3. The van der Waals surface area contributed by atoms with E-state index in [9.17, 15) is 0 Å². The van der Waals surface area contributed by atoms with E-state index in [1.807, 2.05) is 19.2 Å². The zero-order valence-electron chi connectivity index (χ0n) is 10.1. The van der Waals surface area contributed by atoms with Crippen molar-refractivity contribution >= 4 is 23.7 Å². The fraction of sp³-hybridized carbons (Fsp3) is 0.214. The van der Waals surface area contributed by atoms with Crippen molar-refractivity contribution in [3.63, 3.8) is 0 Å². The lowest BCUT2D eigenvalue weighted by Crippen LogP contribution is -1.91. The minimum Gasteiger partial charge on any atom is -0.461 e. The number of aryl methyl sites for hydroxylation is 2. The highest BCUT2D eigenvalue weighted by atomic mass is 32.1. The van der Waals surface area contributed by atoms with Gasteiger partial charge < -0.3 is 8.98 Å². The zero-order chi connectivity index (χ0) is 12.5. The highest BCUT2D eigenvalue weighted by molar-refractivity contribution is 7.80. The first-order valence-electron chi connectivity index (χ1n) is 5.89. The van der Waals surface area contributed by atoms with Crippen LogP contribution in [-0.2, 0) is 13.5 Å². The minimum atomic E-state index is 0.796. The van der Waals surface area contributed by atoms with Crippen LogP contribution < -0.4 is 0 Å². The van der Waals surface area contributed by atoms with Gasteiger partial charge in [-0.25, -0.2) is 4.98 Å². The summed E-state index contributed by atoms with van der Waals surface area (Å²) in [5.41, 5.74) is 3.38. The smallest absolute Gasteiger partial charge is 0.176 e. The first kappa shape index (κ1) is 11.4. The second-order valence-corrected chi connectivity index (χ2v) is 4.72. The molecule has 2 aromatic heterocycles. The van der Waals surface area contributed by atoms with Crippen LogP contribution >= 0.6 is 12.6 Å². The summed E-state index contributed by atoms with van der Waals surface area (Å²) < 4.78 is 7.47. The number of thiol groups is 1. The van der Waals surface area contributed by atoms with E-state index >= 15 is 0 Å². The molecule has 0 saturated carbocycles. The largest absolute Gasteiger partial charge is 0.461 e. The Morgan fingerprint density at radius 3 is 2.94 bits per heavy atom. The first-order valence-corrected chi connectivity index (χ1v) is 6.53. The summed E-state index contributed by atoms with van der Waals surface area (Å²) in [6.45, 7) is 0. The van der Waals surface area contributed by atoms with Crippen molar-refractivity contribution in [1.82, 2.24) is 9.55 Å². The van der Waals surface area contributed by atoms with Crippen molar-refractivity contribution < 1.29 is 4.42 Å². The number of benzene rings is 1. The highest BCUT2D eigenvalue weighted by Crippen LogP contribution is 2.24. The predicted molar refractivity (Wildman–Crippen MR) is 76.0 cm³/mol. The Kier molecular flexibility index (Phi) is 2.88. The summed E-state index contributed by atoms with van der Waals surface area (Å²) >= 11 is 4.26. The van der Waals surface area contributed by atoms with Gasteiger partial charge in [0.2, 0.25) is 0 Å². The van der Waals surface area contributed by atoms with Crippen LogP contribution in [0.15, 0.2) is 41.0 Å². The molecule has 0 amide bonds. The molecule has 1 aromatic carbocycles. The number of fused-ring (bicyclic) bond motifs is 1. The van der Waals surface area contributed by atoms with Gasteiger partial charge in [0.15, 0.2) is 11.6 Å². The Balaban J connectivity index is 2.15. The first-order chi connectivity index (χ1) is 8.79. The van der Waals surface area contributed by atoms with Gasteiger partial charge >= 0.3 is 0 Å². The van der Waals surface area contributed by atoms with Gasteiger partial charge in [-0.3, -0.25) is 0 Å². The third-order valence-corrected chi connectivity index (χ3v) is 3.31. The van der Waals surface area contributed by atoms with E-state index in [1.165, 1.54) is 5.56 Å². The lowest BCUT2D eigenvalue weighted by Gasteiger charge is -2.00. The van der Waals surface area contributed by atoms with Crippen LogP contribution in [0.1, 0.15) is 5.56 Å². The lowest BCUT2D eigenvalue weighted by molar-refractivity contribution is 0.574. The highest BCUT2D eigenvalue weighted by Gasteiger charge is 2.11. The molecule has 3 nitrogen and oxygen atoms in total. The summed E-state index contributed by atoms with van der Waals surface area (Å²) in [6.07, 6.45) is 2.63. The maximum atomic E-state index is 5.41. The zero-order valence-corrected chi connectivity index (χ0v) is 11.0. The van der Waals surface area contributed by atoms with Gasteiger partial charge in [0.05, 0.1) is 17.3 Å². The van der Waals surface area contributed by atoms with E-state index in [0.29, 0.717) is 0 Å². The molecule has 3 aromatic rings. The molecule has 0 saturated heterocycles. The summed E-state index contributed by atoms with van der Waals surface area (Å²) in [5.74, 6) is 2.51. The molecule has 0 spiro atoms. The van der Waals surface area contributed by atoms with Crippen molar-refractivity contribution in [2.45, 2.75) is 6.42 Å². The summed E-state index contributed by atoms with van der Waals surface area (Å²) in [6, 6.07) is 10.2. The fourth-order valence-electron chi connectivity index (χ4n) is 2.16. The van der Waals surface area contributed by atoms with Crippen molar-refractivity contribution in [1.29, 1.82) is 0 Å². The molecule has 0 N–H and O–H groups in total. The number of furan rings is 1. The second-order valence-electron chi connectivity index (χ2n) is 4.27. The molecule has 0 aliphatic carbocycles. The molecular formula is C14H14N2OS. The molecular weight excluding hydrogens is 244 g/mol. The molecule has 0 atom stereocenters. The van der Waals surface area contributed by atoms with Crippen molar-refractivity contribution in [3.8, 4) is 11.6 Å². The Bertz CT molecular complexity index is 670. The molecule has 0 unspecified atom stereocenters. The van der Waals surface area contributed by atoms with Gasteiger partial charge in [0.25, 0.3) is 0 Å². The average Bonchev–Trinajstić information content (AvgIpc) is 2.98. The van der Waals surface area contributed by atoms with E-state index in [0.717, 1.165) is 34.8 Å². The third kappa shape index (κ3) is 1.82. The topological polar surface area (TPSA) is 31.0 Å². The summed E-state index contributed by atoms with van der Waals surface area (Å²) in [7, 11) is 2.01. The van der Waals surface area contributed by atoms with E-state index in [2.05, 4.69) is 40.4 Å². The summed E-state index contributed by atoms with van der Waals surface area (Å²) in [4.78, 5) is 4.64. The Morgan fingerprint density at radius 1 is 1.33 bits per heavy atom. The molecule has 4 heteroatoms. The van der Waals surface area contributed by atoms with Crippen LogP contribution in [0.5, 0.6) is 0 Å². The Morgan fingerprint density at radius 2 is 2.22 bits per heavy atom. The monoisotopic (exact) mass is 258 g/mol. The molecule has 0 bridgehead atoms. The van der Waals surface area contributed by atoms with E-state index in [4.69, 9.17) is 4.42 Å². The quantitative estimate of drug-likeness (QED) is 0.731. The predicted octanol–water partition coefficient (Wildman–Crippen LogP) is 3.31. The third-order valence-electron chi connectivity index (χ3n) is 3.09. The van der Waals surface area contributed by atoms with Crippen LogP contribution in [0, 0.1) is 0 Å². The Hall–Kier alpha value is -1.68. The van der Waals surface area contributed by atoms with Gasteiger partial charge in [0, 0.05) is 7.05 Å². The summed E-state index contributed by atoms with van der Waals surface area (Å²) in [5, 5.41) is 0. The molecule has 0 radical (unpaired) electrons. The maximum Gasteiger partial charge on any atom is 0.176 e. The number of nitrogens with zero attached hydrogens (tertiary/aromatic N) is 2. The van der Waals surface area contributed by atoms with Crippen LogP contribution in [0.2, 0.25) is 0 Å². The van der Waals surface area contributed by atoms with Crippen LogP contribution in [0.3, 0.4) is 0 Å². The number of hydrogen-bond donors (Lipinski definition) is 1. The fourth-order valence-corrected chi connectivity index (χ4v) is 2.41. The molecule has 18 heavy (non-hydrogen) atoms. The van der Waals surface area contributed by atoms with E-state index in [1.54, 1.807) is 6.26 Å². The number of hydrogen-bond acceptors (Lipinski definition) is 3. The van der Waals surface area contributed by atoms with Gasteiger partial charge in [0.1, 0.15) is 0 Å². The molecule has 2 heterocycles. The number of aromatic nitrogens is 2. The van der Waals surface area contributed by atoms with Gasteiger partial charge in [-0.1, -0.05) is 6.07 Å². The second kappa shape index (κ2) is 4.53. The molecule has 0 aliphatic heterocycles. The normalized spacial score (nSPS) is 11.2. The van der Waals surface area contributed by atoms with Gasteiger partial charge in [-0.15, -0.1) is 0 Å². The maximum absolute atomic E-state index is 5.41.